The maximum Gasteiger partial charge on any atom is 0.335 e. The lowest BCUT2D eigenvalue weighted by Gasteiger charge is -2.11. The summed E-state index contributed by atoms with van der Waals surface area (Å²) >= 11 is 0. The average Bonchev–Trinajstić information content (AvgIpc) is 2.48. The van der Waals surface area contributed by atoms with Gasteiger partial charge in [-0.1, -0.05) is 12.1 Å². The van der Waals surface area contributed by atoms with E-state index in [0.717, 1.165) is 5.69 Å². The van der Waals surface area contributed by atoms with Gasteiger partial charge in [0.1, 0.15) is 18.2 Å². The lowest BCUT2D eigenvalue weighted by molar-refractivity contribution is 0.0696. The van der Waals surface area contributed by atoms with Crippen LogP contribution in [0.4, 0.5) is 10.1 Å². The highest BCUT2D eigenvalue weighted by Gasteiger charge is 2.04. The molecule has 0 saturated carbocycles. The molecule has 0 radical (unpaired) electrons. The highest BCUT2D eigenvalue weighted by molar-refractivity contribution is 5.87. The number of hydrogen-bond acceptors (Lipinski definition) is 3. The summed E-state index contributed by atoms with van der Waals surface area (Å²) in [6.07, 6.45) is 0. The van der Waals surface area contributed by atoms with Crippen molar-refractivity contribution in [2.75, 3.05) is 18.5 Å². The molecule has 2 aromatic carbocycles. The molecule has 0 amide bonds. The third-order valence-corrected chi connectivity index (χ3v) is 3.03. The Labute approximate surface area is 122 Å². The van der Waals surface area contributed by atoms with Gasteiger partial charge in [-0.15, -0.1) is 0 Å². The number of carboxylic acid groups (broad SMARTS) is 1. The predicted octanol–water partition coefficient (Wildman–Crippen LogP) is 3.32. The van der Waals surface area contributed by atoms with Crippen molar-refractivity contribution in [3.63, 3.8) is 0 Å². The van der Waals surface area contributed by atoms with E-state index in [1.54, 1.807) is 31.2 Å². The Morgan fingerprint density at radius 2 is 2.05 bits per heavy atom. The fraction of sp³-hybridized carbons (Fsp3) is 0.188. The van der Waals surface area contributed by atoms with Crippen molar-refractivity contribution < 1.29 is 19.0 Å². The van der Waals surface area contributed by atoms with Gasteiger partial charge in [-0.25, -0.2) is 9.18 Å². The minimum atomic E-state index is -0.992. The van der Waals surface area contributed by atoms with Crippen LogP contribution < -0.4 is 10.1 Å². The SMILES string of the molecule is Cc1c(F)cccc1NCCOc1cccc(C(=O)O)c1. The first-order chi connectivity index (χ1) is 10.1. The number of benzene rings is 2. The number of carboxylic acids is 1. The first kappa shape index (κ1) is 14.8. The van der Waals surface area contributed by atoms with Crippen molar-refractivity contribution in [2.24, 2.45) is 0 Å². The molecule has 0 atom stereocenters. The summed E-state index contributed by atoms with van der Waals surface area (Å²) in [5, 5.41) is 12.0. The maximum atomic E-state index is 13.3. The van der Waals surface area contributed by atoms with Crippen molar-refractivity contribution in [3.8, 4) is 5.75 Å². The molecule has 110 valence electrons. The molecule has 0 heterocycles. The molecule has 0 saturated heterocycles. The van der Waals surface area contributed by atoms with Crippen LogP contribution in [0, 0.1) is 12.7 Å². The van der Waals surface area contributed by atoms with Gasteiger partial charge < -0.3 is 15.2 Å². The van der Waals surface area contributed by atoms with E-state index < -0.39 is 5.97 Å². The summed E-state index contributed by atoms with van der Waals surface area (Å²) < 4.78 is 18.8. The molecule has 4 nitrogen and oxygen atoms in total. The molecular weight excluding hydrogens is 273 g/mol. The molecule has 0 aliphatic carbocycles. The van der Waals surface area contributed by atoms with Gasteiger partial charge in [0.2, 0.25) is 0 Å². The molecule has 0 bridgehead atoms. The Morgan fingerprint density at radius 3 is 2.81 bits per heavy atom. The molecule has 0 spiro atoms. The number of rotatable bonds is 6. The molecular formula is C16H16FNO3. The quantitative estimate of drug-likeness (QED) is 0.801. The maximum absolute atomic E-state index is 13.3. The van der Waals surface area contributed by atoms with Crippen LogP contribution in [-0.4, -0.2) is 24.2 Å². The van der Waals surface area contributed by atoms with Crippen LogP contribution in [0.25, 0.3) is 0 Å². The molecule has 21 heavy (non-hydrogen) atoms. The van der Waals surface area contributed by atoms with E-state index in [1.165, 1.54) is 18.2 Å². The Hall–Kier alpha value is -2.56. The Bertz CT molecular complexity index is 643. The van der Waals surface area contributed by atoms with E-state index in [0.29, 0.717) is 24.5 Å². The lowest BCUT2D eigenvalue weighted by atomic mass is 10.2. The third kappa shape index (κ3) is 3.95. The van der Waals surface area contributed by atoms with Crippen molar-refractivity contribution in [1.29, 1.82) is 0 Å². The Morgan fingerprint density at radius 1 is 1.29 bits per heavy atom. The summed E-state index contributed by atoms with van der Waals surface area (Å²) in [7, 11) is 0. The first-order valence-electron chi connectivity index (χ1n) is 6.53. The van der Waals surface area contributed by atoms with Gasteiger partial charge in [0.05, 0.1) is 5.56 Å². The van der Waals surface area contributed by atoms with E-state index in [1.807, 2.05) is 0 Å². The number of hydrogen-bond donors (Lipinski definition) is 2. The van der Waals surface area contributed by atoms with Crippen LogP contribution in [0.3, 0.4) is 0 Å². The second-order valence-corrected chi connectivity index (χ2v) is 4.52. The van der Waals surface area contributed by atoms with Crippen LogP contribution in [-0.2, 0) is 0 Å². The smallest absolute Gasteiger partial charge is 0.335 e. The zero-order valence-corrected chi connectivity index (χ0v) is 11.6. The van der Waals surface area contributed by atoms with Crippen LogP contribution in [0.15, 0.2) is 42.5 Å². The highest BCUT2D eigenvalue weighted by atomic mass is 19.1. The minimum Gasteiger partial charge on any atom is -0.492 e. The van der Waals surface area contributed by atoms with Gasteiger partial charge >= 0.3 is 5.97 Å². The predicted molar refractivity (Wildman–Crippen MR) is 78.5 cm³/mol. The van der Waals surface area contributed by atoms with Crippen LogP contribution in [0.1, 0.15) is 15.9 Å². The molecule has 2 rings (SSSR count). The zero-order valence-electron chi connectivity index (χ0n) is 11.6. The second-order valence-electron chi connectivity index (χ2n) is 4.52. The van der Waals surface area contributed by atoms with E-state index in [9.17, 15) is 9.18 Å². The monoisotopic (exact) mass is 289 g/mol. The molecule has 0 fully saturated rings. The number of nitrogens with one attached hydrogen (secondary N) is 1. The first-order valence-corrected chi connectivity index (χ1v) is 6.53. The van der Waals surface area contributed by atoms with Gasteiger partial charge in [0.15, 0.2) is 0 Å². The molecule has 0 aromatic heterocycles. The van der Waals surface area contributed by atoms with Crippen molar-refractivity contribution in [2.45, 2.75) is 6.92 Å². The van der Waals surface area contributed by atoms with Gasteiger partial charge in [-0.05, 0) is 37.3 Å². The topological polar surface area (TPSA) is 58.6 Å². The van der Waals surface area contributed by atoms with E-state index >= 15 is 0 Å². The van der Waals surface area contributed by atoms with Crippen molar-refractivity contribution in [1.82, 2.24) is 0 Å². The standard InChI is InChI=1S/C16H16FNO3/c1-11-14(17)6-3-7-15(11)18-8-9-21-13-5-2-4-12(10-13)16(19)20/h2-7,10,18H,8-9H2,1H3,(H,19,20). The second kappa shape index (κ2) is 6.74. The number of carbonyl (C=O) groups is 1. The van der Waals surface area contributed by atoms with Gasteiger partial charge in [0.25, 0.3) is 0 Å². The van der Waals surface area contributed by atoms with Gasteiger partial charge in [-0.2, -0.15) is 0 Å². The molecule has 0 unspecified atom stereocenters. The molecule has 2 aromatic rings. The summed E-state index contributed by atoms with van der Waals surface area (Å²) in [5.41, 5.74) is 1.46. The van der Waals surface area contributed by atoms with Crippen LogP contribution >= 0.6 is 0 Å². The van der Waals surface area contributed by atoms with E-state index in [-0.39, 0.29) is 11.4 Å². The van der Waals surface area contributed by atoms with Crippen molar-refractivity contribution >= 4 is 11.7 Å². The largest absolute Gasteiger partial charge is 0.492 e. The summed E-state index contributed by atoms with van der Waals surface area (Å²) in [6.45, 7) is 2.54. The summed E-state index contributed by atoms with van der Waals surface area (Å²) in [5.74, 6) is -0.753. The number of halogens is 1. The highest BCUT2D eigenvalue weighted by Crippen LogP contribution is 2.17. The van der Waals surface area contributed by atoms with Crippen molar-refractivity contribution in [3.05, 3.63) is 59.4 Å². The van der Waals surface area contributed by atoms with Crippen LogP contribution in [0.2, 0.25) is 0 Å². The van der Waals surface area contributed by atoms with Gasteiger partial charge in [0, 0.05) is 17.8 Å². The average molecular weight is 289 g/mol. The summed E-state index contributed by atoms with van der Waals surface area (Å²) in [6, 6.07) is 11.1. The fourth-order valence-corrected chi connectivity index (χ4v) is 1.87. The van der Waals surface area contributed by atoms with E-state index in [2.05, 4.69) is 5.32 Å². The normalized spacial score (nSPS) is 10.2. The van der Waals surface area contributed by atoms with Gasteiger partial charge in [-0.3, -0.25) is 0 Å². The Balaban J connectivity index is 1.86. The lowest BCUT2D eigenvalue weighted by Crippen LogP contribution is -2.12. The number of ether oxygens (including phenoxy) is 1. The molecule has 0 aliphatic heterocycles. The number of anilines is 1. The van der Waals surface area contributed by atoms with E-state index in [4.69, 9.17) is 9.84 Å². The number of aromatic carboxylic acids is 1. The minimum absolute atomic E-state index is 0.182. The molecule has 0 aliphatic rings. The summed E-state index contributed by atoms with van der Waals surface area (Å²) in [4.78, 5) is 10.8. The van der Waals surface area contributed by atoms with Crippen LogP contribution in [0.5, 0.6) is 5.75 Å². The third-order valence-electron chi connectivity index (χ3n) is 3.03. The zero-order chi connectivity index (χ0) is 15.2. The molecule has 5 heteroatoms. The Kier molecular flexibility index (Phi) is 4.77. The molecule has 2 N–H and O–H groups in total. The fourth-order valence-electron chi connectivity index (χ4n) is 1.87.